The van der Waals surface area contributed by atoms with Crippen LogP contribution in [-0.2, 0) is 12.3 Å². The zero-order valence-electron chi connectivity index (χ0n) is 15.9. The predicted molar refractivity (Wildman–Crippen MR) is 113 cm³/mol. The van der Waals surface area contributed by atoms with E-state index in [1.807, 2.05) is 77.3 Å². The van der Waals surface area contributed by atoms with E-state index in [-0.39, 0.29) is 5.91 Å². The van der Waals surface area contributed by atoms with Crippen LogP contribution in [0.3, 0.4) is 0 Å². The summed E-state index contributed by atoms with van der Waals surface area (Å²) in [6.45, 7) is 0.473. The number of fused-ring (bicyclic) bond motifs is 1. The minimum Gasteiger partial charge on any atom is -0.497 e. The van der Waals surface area contributed by atoms with Crippen LogP contribution in [0.1, 0.15) is 21.5 Å². The molecule has 0 aliphatic heterocycles. The van der Waals surface area contributed by atoms with Crippen LogP contribution in [0.5, 0.6) is 5.75 Å². The monoisotopic (exact) mass is 404 g/mol. The standard InChI is InChI=1S/C22H20N4O2S/c1-28-19-11-7-16(8-12-19)14-23-21(27)18-9-5-17(6-10-18)15-29-22-25-24-20-4-2-3-13-26(20)22/h2-13H,14-15H2,1H3,(H,23,27). The molecule has 146 valence electrons. The van der Waals surface area contributed by atoms with E-state index in [0.29, 0.717) is 12.1 Å². The number of benzene rings is 2. The molecule has 0 spiro atoms. The Morgan fingerprint density at radius 1 is 1.00 bits per heavy atom. The number of rotatable bonds is 7. The Morgan fingerprint density at radius 3 is 2.52 bits per heavy atom. The van der Waals surface area contributed by atoms with E-state index < -0.39 is 0 Å². The molecule has 0 radical (unpaired) electrons. The third kappa shape index (κ3) is 4.57. The van der Waals surface area contributed by atoms with Crippen molar-refractivity contribution in [1.82, 2.24) is 19.9 Å². The number of hydrogen-bond donors (Lipinski definition) is 1. The quantitative estimate of drug-likeness (QED) is 0.472. The molecule has 2 aromatic carbocycles. The molecule has 29 heavy (non-hydrogen) atoms. The average Bonchev–Trinajstić information content (AvgIpc) is 3.20. The fourth-order valence-electron chi connectivity index (χ4n) is 2.85. The third-order valence-electron chi connectivity index (χ3n) is 4.48. The zero-order chi connectivity index (χ0) is 20.1. The number of nitrogens with zero attached hydrogens (tertiary/aromatic N) is 3. The van der Waals surface area contributed by atoms with Crippen molar-refractivity contribution in [3.05, 3.63) is 89.6 Å². The smallest absolute Gasteiger partial charge is 0.251 e. The molecule has 0 unspecified atom stereocenters. The lowest BCUT2D eigenvalue weighted by atomic mass is 10.1. The molecule has 1 amide bonds. The summed E-state index contributed by atoms with van der Waals surface area (Å²) in [5.74, 6) is 1.46. The zero-order valence-corrected chi connectivity index (χ0v) is 16.7. The number of methoxy groups -OCH3 is 1. The number of aromatic nitrogens is 3. The van der Waals surface area contributed by atoms with Crippen molar-refractivity contribution >= 4 is 23.3 Å². The molecule has 0 saturated heterocycles. The minimum absolute atomic E-state index is 0.0940. The van der Waals surface area contributed by atoms with Crippen molar-refractivity contribution in [1.29, 1.82) is 0 Å². The van der Waals surface area contributed by atoms with Crippen molar-refractivity contribution in [2.24, 2.45) is 0 Å². The molecule has 6 nitrogen and oxygen atoms in total. The van der Waals surface area contributed by atoms with Crippen LogP contribution in [0.4, 0.5) is 0 Å². The number of carbonyl (C=O) groups excluding carboxylic acids is 1. The molecule has 2 heterocycles. The van der Waals surface area contributed by atoms with Crippen molar-refractivity contribution in [3.8, 4) is 5.75 Å². The van der Waals surface area contributed by atoms with Gasteiger partial charge < -0.3 is 10.1 Å². The highest BCUT2D eigenvalue weighted by atomic mass is 32.2. The summed E-state index contributed by atoms with van der Waals surface area (Å²) in [4.78, 5) is 12.4. The summed E-state index contributed by atoms with van der Waals surface area (Å²) < 4.78 is 7.11. The maximum Gasteiger partial charge on any atom is 0.251 e. The SMILES string of the molecule is COc1ccc(CNC(=O)c2ccc(CSc3nnc4ccccn34)cc2)cc1. The normalized spacial score (nSPS) is 10.8. The Hall–Kier alpha value is -3.32. The van der Waals surface area contributed by atoms with Gasteiger partial charge in [0.25, 0.3) is 5.91 Å². The first-order chi connectivity index (χ1) is 14.2. The molecule has 1 N–H and O–H groups in total. The second-order valence-electron chi connectivity index (χ2n) is 6.43. The number of carbonyl (C=O) groups is 1. The Labute approximate surface area is 172 Å². The summed E-state index contributed by atoms with van der Waals surface area (Å²) in [5, 5.41) is 12.2. The molecule has 2 aromatic heterocycles. The number of hydrogen-bond acceptors (Lipinski definition) is 5. The molecule has 4 rings (SSSR count). The van der Waals surface area contributed by atoms with E-state index >= 15 is 0 Å². The topological polar surface area (TPSA) is 68.5 Å². The van der Waals surface area contributed by atoms with E-state index in [4.69, 9.17) is 4.74 Å². The number of pyridine rings is 1. The van der Waals surface area contributed by atoms with Crippen LogP contribution >= 0.6 is 11.8 Å². The van der Waals surface area contributed by atoms with E-state index in [1.165, 1.54) is 0 Å². The maximum absolute atomic E-state index is 12.4. The van der Waals surface area contributed by atoms with Gasteiger partial charge in [-0.05, 0) is 47.5 Å². The number of ether oxygens (including phenoxy) is 1. The molecule has 0 bridgehead atoms. The van der Waals surface area contributed by atoms with Gasteiger partial charge in [-0.1, -0.05) is 42.1 Å². The Balaban J connectivity index is 1.32. The van der Waals surface area contributed by atoms with Gasteiger partial charge in [-0.2, -0.15) is 0 Å². The van der Waals surface area contributed by atoms with Crippen LogP contribution in [0.15, 0.2) is 78.1 Å². The average molecular weight is 404 g/mol. The van der Waals surface area contributed by atoms with Gasteiger partial charge in [0, 0.05) is 24.1 Å². The van der Waals surface area contributed by atoms with Crippen molar-refractivity contribution in [2.75, 3.05) is 7.11 Å². The Morgan fingerprint density at radius 2 is 1.76 bits per heavy atom. The second-order valence-corrected chi connectivity index (χ2v) is 7.37. The lowest BCUT2D eigenvalue weighted by Gasteiger charge is -2.07. The van der Waals surface area contributed by atoms with Gasteiger partial charge >= 0.3 is 0 Å². The summed E-state index contributed by atoms with van der Waals surface area (Å²) in [6, 6.07) is 21.1. The van der Waals surface area contributed by atoms with E-state index in [0.717, 1.165) is 33.4 Å². The maximum atomic E-state index is 12.4. The molecule has 0 aliphatic carbocycles. The van der Waals surface area contributed by atoms with Crippen LogP contribution < -0.4 is 10.1 Å². The molecule has 0 saturated carbocycles. The van der Waals surface area contributed by atoms with Gasteiger partial charge in [0.2, 0.25) is 0 Å². The van der Waals surface area contributed by atoms with Gasteiger partial charge in [0.05, 0.1) is 7.11 Å². The van der Waals surface area contributed by atoms with Crippen LogP contribution in [0.25, 0.3) is 5.65 Å². The lowest BCUT2D eigenvalue weighted by molar-refractivity contribution is 0.0951. The molecular weight excluding hydrogens is 384 g/mol. The molecular formula is C22H20N4O2S. The van der Waals surface area contributed by atoms with E-state index in [9.17, 15) is 4.79 Å². The number of thioether (sulfide) groups is 1. The van der Waals surface area contributed by atoms with Crippen LogP contribution in [0.2, 0.25) is 0 Å². The molecule has 0 aliphatic rings. The van der Waals surface area contributed by atoms with Crippen LogP contribution in [-0.4, -0.2) is 27.6 Å². The Bertz CT molecular complexity index is 1110. The minimum atomic E-state index is -0.0940. The largest absolute Gasteiger partial charge is 0.497 e. The first-order valence-electron chi connectivity index (χ1n) is 9.15. The molecule has 0 atom stereocenters. The fourth-order valence-corrected chi connectivity index (χ4v) is 3.73. The summed E-state index contributed by atoms with van der Waals surface area (Å²) in [6.07, 6.45) is 1.95. The van der Waals surface area contributed by atoms with Crippen molar-refractivity contribution in [3.63, 3.8) is 0 Å². The van der Waals surface area contributed by atoms with Crippen molar-refractivity contribution in [2.45, 2.75) is 17.5 Å². The summed E-state index contributed by atoms with van der Waals surface area (Å²) >= 11 is 1.61. The number of nitrogens with one attached hydrogen (secondary N) is 1. The lowest BCUT2D eigenvalue weighted by Crippen LogP contribution is -2.22. The predicted octanol–water partition coefficient (Wildman–Crippen LogP) is 3.96. The first-order valence-corrected chi connectivity index (χ1v) is 10.1. The molecule has 0 fully saturated rings. The van der Waals surface area contributed by atoms with Gasteiger partial charge in [-0.15, -0.1) is 10.2 Å². The van der Waals surface area contributed by atoms with E-state index in [2.05, 4.69) is 15.5 Å². The first kappa shape index (κ1) is 19.0. The van der Waals surface area contributed by atoms with Gasteiger partial charge in [0.15, 0.2) is 10.8 Å². The highest BCUT2D eigenvalue weighted by Crippen LogP contribution is 2.22. The molecule has 7 heteroatoms. The number of amides is 1. The Kier molecular flexibility index (Phi) is 5.76. The summed E-state index contributed by atoms with van der Waals surface area (Å²) in [7, 11) is 1.63. The van der Waals surface area contributed by atoms with Crippen molar-refractivity contribution < 1.29 is 9.53 Å². The van der Waals surface area contributed by atoms with E-state index in [1.54, 1.807) is 18.9 Å². The molecule has 4 aromatic rings. The highest BCUT2D eigenvalue weighted by Gasteiger charge is 2.08. The second kappa shape index (κ2) is 8.79. The highest BCUT2D eigenvalue weighted by molar-refractivity contribution is 7.98. The third-order valence-corrected chi connectivity index (χ3v) is 5.49. The van der Waals surface area contributed by atoms with Crippen LogP contribution in [0, 0.1) is 0 Å². The fraction of sp³-hybridized carbons (Fsp3) is 0.136. The van der Waals surface area contributed by atoms with Gasteiger partial charge in [0.1, 0.15) is 5.75 Å². The summed E-state index contributed by atoms with van der Waals surface area (Å²) in [5.41, 5.74) is 3.61. The van der Waals surface area contributed by atoms with Gasteiger partial charge in [-0.25, -0.2) is 0 Å². The van der Waals surface area contributed by atoms with Gasteiger partial charge in [-0.3, -0.25) is 9.20 Å².